The van der Waals surface area contributed by atoms with Gasteiger partial charge in [0.1, 0.15) is 0 Å². The lowest BCUT2D eigenvalue weighted by Gasteiger charge is -2.20. The molecule has 1 saturated heterocycles. The number of benzene rings is 2. The molecule has 1 aliphatic heterocycles. The second-order valence-electron chi connectivity index (χ2n) is 8.26. The van der Waals surface area contributed by atoms with Crippen LogP contribution >= 0.6 is 0 Å². The van der Waals surface area contributed by atoms with Gasteiger partial charge in [0.25, 0.3) is 5.91 Å². The molecule has 7 nitrogen and oxygen atoms in total. The van der Waals surface area contributed by atoms with Crippen LogP contribution in [0.3, 0.4) is 0 Å². The van der Waals surface area contributed by atoms with Gasteiger partial charge in [0.05, 0.1) is 4.90 Å². The maximum atomic E-state index is 12.9. The van der Waals surface area contributed by atoms with Crippen molar-refractivity contribution in [3.63, 3.8) is 0 Å². The molecule has 0 spiro atoms. The summed E-state index contributed by atoms with van der Waals surface area (Å²) in [4.78, 5) is 24.0. The van der Waals surface area contributed by atoms with E-state index in [2.05, 4.69) is 29.3 Å². The minimum atomic E-state index is -3.62. The zero-order valence-corrected chi connectivity index (χ0v) is 18.6. The van der Waals surface area contributed by atoms with Crippen LogP contribution in [0, 0.1) is 11.8 Å². The molecular weight excluding hydrogens is 426 g/mol. The number of nitrogens with one attached hydrogen (secondary N) is 2. The Hall–Kier alpha value is -2.97. The summed E-state index contributed by atoms with van der Waals surface area (Å²) in [5.41, 5.74) is 1.66. The molecule has 32 heavy (non-hydrogen) atoms. The fourth-order valence-electron chi connectivity index (χ4n) is 4.29. The lowest BCUT2D eigenvalue weighted by molar-refractivity contribution is -0.116. The van der Waals surface area contributed by atoms with Gasteiger partial charge < -0.3 is 10.6 Å². The Labute approximate surface area is 188 Å². The molecule has 8 heteroatoms. The Morgan fingerprint density at radius 1 is 1.03 bits per heavy atom. The Morgan fingerprint density at radius 3 is 2.31 bits per heavy atom. The number of sulfonamides is 1. The summed E-state index contributed by atoms with van der Waals surface area (Å²) >= 11 is 0. The molecule has 2 unspecified atom stereocenters. The number of nitrogens with zero attached hydrogens (tertiary/aromatic N) is 1. The van der Waals surface area contributed by atoms with Gasteiger partial charge in [-0.3, -0.25) is 9.59 Å². The normalized spacial score (nSPS) is 22.1. The minimum absolute atomic E-state index is 0.0277. The maximum absolute atomic E-state index is 12.9. The first kappa shape index (κ1) is 22.2. The zero-order chi connectivity index (χ0) is 22.7. The first-order chi connectivity index (χ1) is 15.4. The van der Waals surface area contributed by atoms with E-state index in [9.17, 15) is 18.0 Å². The molecule has 2 N–H and O–H groups in total. The third kappa shape index (κ3) is 4.76. The molecule has 2 atom stereocenters. The summed E-state index contributed by atoms with van der Waals surface area (Å²) in [7, 11) is -3.62. The first-order valence-electron chi connectivity index (χ1n) is 10.8. The molecule has 0 radical (unpaired) electrons. The van der Waals surface area contributed by atoms with Crippen LogP contribution in [0.4, 0.5) is 0 Å². The fourth-order valence-corrected chi connectivity index (χ4v) is 5.80. The average Bonchev–Trinajstić information content (AvgIpc) is 3.23. The highest BCUT2D eigenvalue weighted by atomic mass is 32.2. The quantitative estimate of drug-likeness (QED) is 0.448. The van der Waals surface area contributed by atoms with Crippen LogP contribution in [0.15, 0.2) is 72.1 Å². The van der Waals surface area contributed by atoms with Crippen molar-refractivity contribution in [3.8, 4) is 0 Å². The number of carbonyl (C=O) groups is 2. The third-order valence-electron chi connectivity index (χ3n) is 6.18. The number of rotatable bonds is 9. The van der Waals surface area contributed by atoms with E-state index < -0.39 is 10.0 Å². The Kier molecular flexibility index (Phi) is 6.43. The highest BCUT2D eigenvalue weighted by Gasteiger charge is 2.58. The summed E-state index contributed by atoms with van der Waals surface area (Å²) < 4.78 is 27.3. The van der Waals surface area contributed by atoms with Gasteiger partial charge in [0.15, 0.2) is 0 Å². The van der Waals surface area contributed by atoms with Gasteiger partial charge in [0.2, 0.25) is 15.9 Å². The number of aryl methyl sites for hydroxylation is 1. The van der Waals surface area contributed by atoms with E-state index in [-0.39, 0.29) is 34.6 Å². The van der Waals surface area contributed by atoms with Gasteiger partial charge >= 0.3 is 0 Å². The van der Waals surface area contributed by atoms with Crippen molar-refractivity contribution in [3.05, 3.63) is 78.4 Å². The number of carbonyl (C=O) groups excluding carboxylic acids is 2. The van der Waals surface area contributed by atoms with Crippen LogP contribution in [-0.4, -0.2) is 50.2 Å². The second kappa shape index (κ2) is 9.26. The van der Waals surface area contributed by atoms with Gasteiger partial charge in [-0.25, -0.2) is 8.42 Å². The number of amides is 2. The average molecular weight is 454 g/mol. The van der Waals surface area contributed by atoms with Gasteiger partial charge in [-0.2, -0.15) is 4.31 Å². The molecule has 4 rings (SSSR count). The third-order valence-corrected chi connectivity index (χ3v) is 8.03. The smallest absolute Gasteiger partial charge is 0.251 e. The largest absolute Gasteiger partial charge is 0.352 e. The highest BCUT2D eigenvalue weighted by Crippen LogP contribution is 2.47. The van der Waals surface area contributed by atoms with Crippen molar-refractivity contribution in [2.45, 2.75) is 23.8 Å². The monoisotopic (exact) mass is 453 g/mol. The molecule has 2 aromatic carbocycles. The molecule has 2 amide bonds. The van der Waals surface area contributed by atoms with E-state index in [1.165, 1.54) is 28.1 Å². The van der Waals surface area contributed by atoms with E-state index in [1.54, 1.807) is 12.1 Å². The number of fused-ring (bicyclic) bond motifs is 1. The van der Waals surface area contributed by atoms with Crippen LogP contribution in [0.2, 0.25) is 0 Å². The van der Waals surface area contributed by atoms with Crippen LogP contribution in [0.5, 0.6) is 0 Å². The van der Waals surface area contributed by atoms with Crippen LogP contribution in [0.25, 0.3) is 0 Å². The van der Waals surface area contributed by atoms with Gasteiger partial charge in [0, 0.05) is 31.2 Å². The predicted octanol–water partition coefficient (Wildman–Crippen LogP) is 1.97. The Morgan fingerprint density at radius 2 is 1.69 bits per heavy atom. The molecule has 2 fully saturated rings. The topological polar surface area (TPSA) is 95.6 Å². The fraction of sp³-hybridized carbons (Fsp3) is 0.333. The number of piperidine rings is 1. The second-order valence-corrected chi connectivity index (χ2v) is 10.2. The first-order valence-corrected chi connectivity index (χ1v) is 12.2. The van der Waals surface area contributed by atoms with E-state index in [4.69, 9.17) is 0 Å². The van der Waals surface area contributed by atoms with E-state index in [0.717, 1.165) is 12.8 Å². The SMILES string of the molecule is C=CC(=O)NC1C2CN(S(=O)(=O)c3ccc(C(=O)NCCCc4ccccc4)cc3)CC21. The van der Waals surface area contributed by atoms with Crippen molar-refractivity contribution < 1.29 is 18.0 Å². The van der Waals surface area contributed by atoms with Crippen LogP contribution in [0.1, 0.15) is 22.3 Å². The summed E-state index contributed by atoms with van der Waals surface area (Å²) in [6, 6.07) is 16.2. The molecule has 0 aromatic heterocycles. The summed E-state index contributed by atoms with van der Waals surface area (Å²) in [5.74, 6) is -0.151. The van der Waals surface area contributed by atoms with Crippen molar-refractivity contribution >= 4 is 21.8 Å². The maximum Gasteiger partial charge on any atom is 0.251 e. The highest BCUT2D eigenvalue weighted by molar-refractivity contribution is 7.89. The van der Waals surface area contributed by atoms with E-state index in [1.807, 2.05) is 18.2 Å². The lowest BCUT2D eigenvalue weighted by Crippen LogP contribution is -2.37. The van der Waals surface area contributed by atoms with Crippen LogP contribution in [-0.2, 0) is 21.2 Å². The van der Waals surface area contributed by atoms with Gasteiger partial charge in [-0.1, -0.05) is 36.9 Å². The molecule has 0 bridgehead atoms. The Balaban J connectivity index is 1.27. The van der Waals surface area contributed by atoms with Crippen LogP contribution < -0.4 is 10.6 Å². The molecule has 1 saturated carbocycles. The minimum Gasteiger partial charge on any atom is -0.352 e. The molecule has 2 aliphatic rings. The Bertz CT molecular complexity index is 1090. The molecule has 2 aromatic rings. The lowest BCUT2D eigenvalue weighted by atomic mass is 10.1. The summed E-state index contributed by atoms with van der Waals surface area (Å²) in [6.45, 7) is 4.76. The van der Waals surface area contributed by atoms with Crippen molar-refractivity contribution in [2.24, 2.45) is 11.8 Å². The summed E-state index contributed by atoms with van der Waals surface area (Å²) in [6.07, 6.45) is 2.94. The molecule has 168 valence electrons. The van der Waals surface area contributed by atoms with Crippen molar-refractivity contribution in [2.75, 3.05) is 19.6 Å². The molecule has 1 aliphatic carbocycles. The molecule has 1 heterocycles. The standard InChI is InChI=1S/C24H27N3O4S/c1-2-22(28)26-23-20-15-27(16-21(20)23)32(30,31)19-12-10-18(11-13-19)24(29)25-14-6-9-17-7-4-3-5-8-17/h2-5,7-8,10-13,20-21,23H,1,6,9,14-16H2,(H,25,29)(H,26,28). The predicted molar refractivity (Wildman–Crippen MR) is 121 cm³/mol. The van der Waals surface area contributed by atoms with Gasteiger partial charge in [-0.15, -0.1) is 0 Å². The summed E-state index contributed by atoms with van der Waals surface area (Å²) in [5, 5.41) is 5.72. The zero-order valence-electron chi connectivity index (χ0n) is 17.7. The number of hydrogen-bond donors (Lipinski definition) is 2. The van der Waals surface area contributed by atoms with E-state index in [0.29, 0.717) is 25.2 Å². The molecular formula is C24H27N3O4S. The van der Waals surface area contributed by atoms with Crippen molar-refractivity contribution in [1.29, 1.82) is 0 Å². The van der Waals surface area contributed by atoms with Crippen molar-refractivity contribution in [1.82, 2.24) is 14.9 Å². The van der Waals surface area contributed by atoms with E-state index >= 15 is 0 Å². The van der Waals surface area contributed by atoms with Gasteiger partial charge in [-0.05, 0) is 60.6 Å². The number of hydrogen-bond acceptors (Lipinski definition) is 4.